The third-order valence-electron chi connectivity index (χ3n) is 2.96. The number of rotatable bonds is 3. The van der Waals surface area contributed by atoms with Crippen LogP contribution in [0.25, 0.3) is 0 Å². The lowest BCUT2D eigenvalue weighted by Crippen LogP contribution is -2.25. The number of hydrogen-bond acceptors (Lipinski definition) is 1. The minimum atomic E-state index is -0.185. The summed E-state index contributed by atoms with van der Waals surface area (Å²) in [5.41, 5.74) is 3.32. The minimum Gasteiger partial charge on any atom is -0.341 e. The molecule has 1 aliphatic carbocycles. The molecular weight excluding hydrogens is 224 g/mol. The maximum atomic E-state index is 11.4. The van der Waals surface area contributed by atoms with Gasteiger partial charge in [0.15, 0.2) is 0 Å². The second-order valence-electron chi connectivity index (χ2n) is 4.30. The zero-order valence-electron chi connectivity index (χ0n) is 10.6. The molecule has 0 radical (unpaired) electrons. The van der Waals surface area contributed by atoms with Gasteiger partial charge in [-0.25, -0.2) is 4.79 Å². The fourth-order valence-electron chi connectivity index (χ4n) is 2.00. The van der Waals surface area contributed by atoms with Crippen molar-refractivity contribution >= 4 is 11.7 Å². The van der Waals surface area contributed by atoms with Gasteiger partial charge in [-0.05, 0) is 36.5 Å². The van der Waals surface area contributed by atoms with Crippen LogP contribution in [0.3, 0.4) is 0 Å². The number of benzene rings is 1. The second kappa shape index (κ2) is 6.05. The molecule has 0 aliphatic heterocycles. The summed E-state index contributed by atoms with van der Waals surface area (Å²) in [6.45, 7) is 0. The Kier molecular flexibility index (Phi) is 4.18. The fraction of sp³-hybridized carbons (Fsp3) is 0.267. The standard InChI is InChI=1S/C15H18N2O/c1-16-15(18)17-14-10-6-5-9-13(14)11-12-7-3-2-4-8-12/h3,5-10H,2,4,11H2,1H3,(H2,16,17,18). The summed E-state index contributed by atoms with van der Waals surface area (Å²) in [4.78, 5) is 11.4. The molecule has 0 saturated heterocycles. The zero-order chi connectivity index (χ0) is 12.8. The van der Waals surface area contributed by atoms with E-state index < -0.39 is 0 Å². The maximum absolute atomic E-state index is 11.4. The number of amides is 2. The molecule has 0 unspecified atom stereocenters. The van der Waals surface area contributed by atoms with Crippen molar-refractivity contribution in [3.05, 3.63) is 53.6 Å². The van der Waals surface area contributed by atoms with Crippen molar-refractivity contribution in [3.8, 4) is 0 Å². The Balaban J connectivity index is 2.14. The van der Waals surface area contributed by atoms with Crippen LogP contribution in [-0.2, 0) is 6.42 Å². The minimum absolute atomic E-state index is 0.185. The third kappa shape index (κ3) is 3.23. The molecule has 2 N–H and O–H groups in total. The van der Waals surface area contributed by atoms with E-state index >= 15 is 0 Å². The SMILES string of the molecule is CNC(=O)Nc1ccccc1CC1=CCCC=C1. The van der Waals surface area contributed by atoms with Crippen molar-refractivity contribution in [1.82, 2.24) is 5.32 Å². The molecule has 0 spiro atoms. The van der Waals surface area contributed by atoms with E-state index in [2.05, 4.69) is 34.9 Å². The van der Waals surface area contributed by atoms with E-state index in [1.807, 2.05) is 18.2 Å². The van der Waals surface area contributed by atoms with Crippen LogP contribution in [-0.4, -0.2) is 13.1 Å². The van der Waals surface area contributed by atoms with Crippen molar-refractivity contribution < 1.29 is 4.79 Å². The van der Waals surface area contributed by atoms with Crippen molar-refractivity contribution in [2.45, 2.75) is 19.3 Å². The molecule has 1 aromatic rings. The van der Waals surface area contributed by atoms with Gasteiger partial charge in [-0.3, -0.25) is 0 Å². The van der Waals surface area contributed by atoms with Gasteiger partial charge in [0.25, 0.3) is 0 Å². The average Bonchev–Trinajstić information content (AvgIpc) is 2.42. The predicted molar refractivity (Wildman–Crippen MR) is 74.7 cm³/mol. The molecular formula is C15H18N2O. The number of urea groups is 1. The number of allylic oxidation sites excluding steroid dienone is 4. The molecule has 94 valence electrons. The number of para-hydroxylation sites is 1. The van der Waals surface area contributed by atoms with E-state index in [0.29, 0.717) is 0 Å². The highest BCUT2D eigenvalue weighted by Gasteiger charge is 2.06. The Morgan fingerprint density at radius 1 is 1.28 bits per heavy atom. The zero-order valence-corrected chi connectivity index (χ0v) is 10.6. The number of carbonyl (C=O) groups excluding carboxylic acids is 1. The molecule has 2 rings (SSSR count). The fourth-order valence-corrected chi connectivity index (χ4v) is 2.00. The van der Waals surface area contributed by atoms with Gasteiger partial charge in [0.2, 0.25) is 0 Å². The molecule has 18 heavy (non-hydrogen) atoms. The largest absolute Gasteiger partial charge is 0.341 e. The van der Waals surface area contributed by atoms with Crippen LogP contribution < -0.4 is 10.6 Å². The van der Waals surface area contributed by atoms with E-state index in [0.717, 1.165) is 30.5 Å². The summed E-state index contributed by atoms with van der Waals surface area (Å²) in [6.07, 6.45) is 9.72. The Morgan fingerprint density at radius 3 is 2.83 bits per heavy atom. The monoisotopic (exact) mass is 242 g/mol. The van der Waals surface area contributed by atoms with E-state index in [1.165, 1.54) is 5.57 Å². The van der Waals surface area contributed by atoms with Crippen molar-refractivity contribution in [2.24, 2.45) is 0 Å². The molecule has 0 bridgehead atoms. The van der Waals surface area contributed by atoms with Crippen molar-refractivity contribution in [1.29, 1.82) is 0 Å². The lowest BCUT2D eigenvalue weighted by atomic mass is 9.98. The summed E-state index contributed by atoms with van der Waals surface area (Å²) in [7, 11) is 1.62. The van der Waals surface area contributed by atoms with E-state index in [9.17, 15) is 4.79 Å². The second-order valence-corrected chi connectivity index (χ2v) is 4.30. The lowest BCUT2D eigenvalue weighted by molar-refractivity contribution is 0.254. The van der Waals surface area contributed by atoms with Gasteiger partial charge in [-0.15, -0.1) is 0 Å². The first-order valence-electron chi connectivity index (χ1n) is 6.22. The Labute approximate surface area is 108 Å². The molecule has 0 atom stereocenters. The summed E-state index contributed by atoms with van der Waals surface area (Å²) in [5.74, 6) is 0. The van der Waals surface area contributed by atoms with Gasteiger partial charge in [0.05, 0.1) is 0 Å². The van der Waals surface area contributed by atoms with Gasteiger partial charge in [0.1, 0.15) is 0 Å². The molecule has 3 nitrogen and oxygen atoms in total. The van der Waals surface area contributed by atoms with E-state index in [4.69, 9.17) is 0 Å². The van der Waals surface area contributed by atoms with Crippen molar-refractivity contribution in [3.63, 3.8) is 0 Å². The molecule has 2 amide bonds. The first-order valence-corrected chi connectivity index (χ1v) is 6.22. The third-order valence-corrected chi connectivity index (χ3v) is 2.96. The lowest BCUT2D eigenvalue weighted by Gasteiger charge is -2.12. The van der Waals surface area contributed by atoms with Gasteiger partial charge in [-0.1, -0.05) is 36.4 Å². The molecule has 1 aromatic carbocycles. The van der Waals surface area contributed by atoms with Crippen LogP contribution in [0.4, 0.5) is 10.5 Å². The average molecular weight is 242 g/mol. The Morgan fingerprint density at radius 2 is 2.11 bits per heavy atom. The van der Waals surface area contributed by atoms with E-state index in [1.54, 1.807) is 7.05 Å². The Hall–Kier alpha value is -2.03. The topological polar surface area (TPSA) is 41.1 Å². The molecule has 0 fully saturated rings. The maximum Gasteiger partial charge on any atom is 0.318 e. The molecule has 0 saturated carbocycles. The summed E-state index contributed by atoms with van der Waals surface area (Å²) in [5, 5.41) is 5.41. The molecule has 3 heteroatoms. The molecule has 1 aliphatic rings. The van der Waals surface area contributed by atoms with Crippen LogP contribution in [0.2, 0.25) is 0 Å². The predicted octanol–water partition coefficient (Wildman–Crippen LogP) is 3.26. The smallest absolute Gasteiger partial charge is 0.318 e. The highest BCUT2D eigenvalue weighted by molar-refractivity contribution is 5.89. The normalized spacial score (nSPS) is 13.9. The van der Waals surface area contributed by atoms with Crippen molar-refractivity contribution in [2.75, 3.05) is 12.4 Å². The summed E-state index contributed by atoms with van der Waals surface area (Å²) in [6, 6.07) is 7.72. The van der Waals surface area contributed by atoms with Gasteiger partial charge in [0, 0.05) is 12.7 Å². The Bertz CT molecular complexity index is 489. The van der Waals surface area contributed by atoms with Gasteiger partial charge in [-0.2, -0.15) is 0 Å². The highest BCUT2D eigenvalue weighted by atomic mass is 16.2. The van der Waals surface area contributed by atoms with Gasteiger partial charge >= 0.3 is 6.03 Å². The summed E-state index contributed by atoms with van der Waals surface area (Å²) >= 11 is 0. The molecule has 0 aromatic heterocycles. The molecule has 0 heterocycles. The summed E-state index contributed by atoms with van der Waals surface area (Å²) < 4.78 is 0. The van der Waals surface area contributed by atoms with Crippen LogP contribution in [0.15, 0.2) is 48.1 Å². The highest BCUT2D eigenvalue weighted by Crippen LogP contribution is 2.21. The first kappa shape index (κ1) is 12.4. The first-order chi connectivity index (χ1) is 8.79. The van der Waals surface area contributed by atoms with Crippen LogP contribution in [0, 0.1) is 0 Å². The van der Waals surface area contributed by atoms with Crippen LogP contribution in [0.1, 0.15) is 18.4 Å². The van der Waals surface area contributed by atoms with Gasteiger partial charge < -0.3 is 10.6 Å². The number of nitrogens with one attached hydrogen (secondary N) is 2. The van der Waals surface area contributed by atoms with Crippen LogP contribution in [0.5, 0.6) is 0 Å². The van der Waals surface area contributed by atoms with Crippen LogP contribution >= 0.6 is 0 Å². The number of anilines is 1. The number of carbonyl (C=O) groups is 1. The quantitative estimate of drug-likeness (QED) is 0.839. The van der Waals surface area contributed by atoms with E-state index in [-0.39, 0.29) is 6.03 Å². The number of hydrogen-bond donors (Lipinski definition) is 2.